The van der Waals surface area contributed by atoms with Crippen LogP contribution in [0.1, 0.15) is 16.7 Å². The first kappa shape index (κ1) is 21.0. The fraction of sp³-hybridized carbons (Fsp3) is 0.222. The minimum absolute atomic E-state index is 0.0908. The molecule has 0 bridgehead atoms. The predicted molar refractivity (Wildman–Crippen MR) is 122 cm³/mol. The van der Waals surface area contributed by atoms with E-state index in [4.69, 9.17) is 9.47 Å². The Morgan fingerprint density at radius 1 is 0.774 bits per heavy atom. The molecular weight excluding hydrogens is 386 g/mol. The van der Waals surface area contributed by atoms with E-state index >= 15 is 0 Å². The second kappa shape index (κ2) is 10.7. The topological polar surface area (TPSA) is 47.6 Å². The summed E-state index contributed by atoms with van der Waals surface area (Å²) in [6, 6.07) is 29.9. The summed E-state index contributed by atoms with van der Waals surface area (Å²) in [6.07, 6.45) is 3.52. The van der Waals surface area contributed by atoms with E-state index in [1.807, 2.05) is 103 Å². The third-order valence-corrected chi connectivity index (χ3v) is 5.41. The van der Waals surface area contributed by atoms with Gasteiger partial charge in [0, 0.05) is 5.92 Å². The maximum Gasteiger partial charge on any atom is 0.250 e. The van der Waals surface area contributed by atoms with Gasteiger partial charge >= 0.3 is 0 Å². The fourth-order valence-electron chi connectivity index (χ4n) is 3.74. The highest BCUT2D eigenvalue weighted by atomic mass is 16.5. The average Bonchev–Trinajstić information content (AvgIpc) is 3.12. The summed E-state index contributed by atoms with van der Waals surface area (Å²) in [5.74, 6) is -0.202. The van der Waals surface area contributed by atoms with Crippen molar-refractivity contribution in [1.82, 2.24) is 5.32 Å². The van der Waals surface area contributed by atoms with Crippen LogP contribution in [0.2, 0.25) is 0 Å². The second-order valence-corrected chi connectivity index (χ2v) is 7.69. The molecule has 1 aliphatic heterocycles. The number of carbonyl (C=O) groups excluding carboxylic acids is 1. The van der Waals surface area contributed by atoms with Crippen molar-refractivity contribution in [3.8, 4) is 0 Å². The lowest BCUT2D eigenvalue weighted by molar-refractivity contribution is -0.132. The molecule has 1 fully saturated rings. The van der Waals surface area contributed by atoms with E-state index in [0.29, 0.717) is 19.8 Å². The van der Waals surface area contributed by atoms with E-state index in [-0.39, 0.29) is 17.9 Å². The molecule has 0 radical (unpaired) electrons. The van der Waals surface area contributed by atoms with Crippen molar-refractivity contribution in [2.24, 2.45) is 5.92 Å². The molecule has 1 amide bonds. The Balaban J connectivity index is 1.45. The van der Waals surface area contributed by atoms with Crippen molar-refractivity contribution in [2.45, 2.75) is 25.4 Å². The zero-order valence-electron chi connectivity index (χ0n) is 17.4. The van der Waals surface area contributed by atoms with Crippen LogP contribution < -0.4 is 5.32 Å². The van der Waals surface area contributed by atoms with Crippen LogP contribution in [0.15, 0.2) is 97.1 Å². The van der Waals surface area contributed by atoms with Crippen LogP contribution in [-0.4, -0.2) is 24.7 Å². The molecule has 3 atom stereocenters. The Labute approximate surface area is 183 Å². The molecule has 1 saturated heterocycles. The summed E-state index contributed by atoms with van der Waals surface area (Å²) in [4.78, 5) is 12.7. The Morgan fingerprint density at radius 3 is 2.00 bits per heavy atom. The normalized spacial score (nSPS) is 20.8. The molecule has 3 aromatic carbocycles. The Hall–Kier alpha value is -3.21. The van der Waals surface area contributed by atoms with Crippen molar-refractivity contribution >= 4 is 12.0 Å². The Kier molecular flexibility index (Phi) is 7.27. The maximum absolute atomic E-state index is 12.7. The molecular formula is C27H27NO3. The molecule has 4 nitrogen and oxygen atoms in total. The minimum atomic E-state index is -0.554. The molecule has 4 heteroatoms. The number of hydrogen-bond acceptors (Lipinski definition) is 3. The minimum Gasteiger partial charge on any atom is -0.376 e. The first-order chi connectivity index (χ1) is 15.3. The number of ether oxygens (including phenoxy) is 2. The van der Waals surface area contributed by atoms with E-state index in [0.717, 1.165) is 16.7 Å². The summed E-state index contributed by atoms with van der Waals surface area (Å²) >= 11 is 0. The summed E-state index contributed by atoms with van der Waals surface area (Å²) in [5, 5.41) is 3.08. The fourth-order valence-corrected chi connectivity index (χ4v) is 3.74. The van der Waals surface area contributed by atoms with Crippen LogP contribution in [-0.2, 0) is 27.5 Å². The zero-order valence-corrected chi connectivity index (χ0v) is 17.4. The van der Waals surface area contributed by atoms with Crippen LogP contribution in [0.3, 0.4) is 0 Å². The van der Waals surface area contributed by atoms with Gasteiger partial charge in [0.2, 0.25) is 5.91 Å². The zero-order chi connectivity index (χ0) is 21.3. The number of rotatable bonds is 9. The SMILES string of the molecule is O=C1N[C@H](/C=C\c2ccccc2)[C@@H](COCc2ccccc2)[C@@H]1OCc1ccccc1. The number of nitrogens with one attached hydrogen (secondary N) is 1. The maximum atomic E-state index is 12.7. The third-order valence-electron chi connectivity index (χ3n) is 5.41. The summed E-state index contributed by atoms with van der Waals surface area (Å²) in [7, 11) is 0. The number of carbonyl (C=O) groups is 1. The van der Waals surface area contributed by atoms with Gasteiger partial charge in [-0.2, -0.15) is 0 Å². The van der Waals surface area contributed by atoms with E-state index in [1.54, 1.807) is 0 Å². The molecule has 0 spiro atoms. The molecule has 0 aromatic heterocycles. The highest BCUT2D eigenvalue weighted by Gasteiger charge is 2.42. The van der Waals surface area contributed by atoms with Crippen LogP contribution in [0.25, 0.3) is 6.08 Å². The Morgan fingerprint density at radius 2 is 1.35 bits per heavy atom. The van der Waals surface area contributed by atoms with Gasteiger partial charge in [-0.3, -0.25) is 4.79 Å². The average molecular weight is 414 g/mol. The van der Waals surface area contributed by atoms with Gasteiger partial charge in [-0.15, -0.1) is 0 Å². The number of benzene rings is 3. The van der Waals surface area contributed by atoms with Gasteiger partial charge in [0.25, 0.3) is 0 Å². The van der Waals surface area contributed by atoms with Gasteiger partial charge < -0.3 is 14.8 Å². The van der Waals surface area contributed by atoms with Crippen LogP contribution >= 0.6 is 0 Å². The molecule has 1 heterocycles. The molecule has 4 rings (SSSR count). The van der Waals surface area contributed by atoms with Gasteiger partial charge in [-0.25, -0.2) is 0 Å². The van der Waals surface area contributed by atoms with Crippen molar-refractivity contribution < 1.29 is 14.3 Å². The van der Waals surface area contributed by atoms with Crippen molar-refractivity contribution in [3.05, 3.63) is 114 Å². The van der Waals surface area contributed by atoms with Crippen molar-refractivity contribution in [3.63, 3.8) is 0 Å². The first-order valence-corrected chi connectivity index (χ1v) is 10.6. The highest BCUT2D eigenvalue weighted by Crippen LogP contribution is 2.24. The van der Waals surface area contributed by atoms with Gasteiger partial charge in [0.1, 0.15) is 6.10 Å². The molecule has 0 unspecified atom stereocenters. The van der Waals surface area contributed by atoms with Crippen LogP contribution in [0, 0.1) is 5.92 Å². The quantitative estimate of drug-likeness (QED) is 0.557. The molecule has 0 saturated carbocycles. The van der Waals surface area contributed by atoms with Gasteiger partial charge in [-0.05, 0) is 16.7 Å². The summed E-state index contributed by atoms with van der Waals surface area (Å²) < 4.78 is 12.1. The summed E-state index contributed by atoms with van der Waals surface area (Å²) in [6.45, 7) is 1.33. The van der Waals surface area contributed by atoms with E-state index in [1.165, 1.54) is 0 Å². The number of amides is 1. The molecule has 0 aliphatic carbocycles. The summed E-state index contributed by atoms with van der Waals surface area (Å²) in [5.41, 5.74) is 3.25. The molecule has 31 heavy (non-hydrogen) atoms. The van der Waals surface area contributed by atoms with E-state index in [9.17, 15) is 4.79 Å². The van der Waals surface area contributed by atoms with Crippen LogP contribution in [0.4, 0.5) is 0 Å². The van der Waals surface area contributed by atoms with Crippen molar-refractivity contribution in [2.75, 3.05) is 6.61 Å². The van der Waals surface area contributed by atoms with E-state index < -0.39 is 6.10 Å². The lowest BCUT2D eigenvalue weighted by Crippen LogP contribution is -2.31. The number of hydrogen-bond donors (Lipinski definition) is 1. The van der Waals surface area contributed by atoms with Gasteiger partial charge in [-0.1, -0.05) is 103 Å². The van der Waals surface area contributed by atoms with Crippen LogP contribution in [0.5, 0.6) is 0 Å². The Bertz CT molecular complexity index is 973. The van der Waals surface area contributed by atoms with E-state index in [2.05, 4.69) is 5.32 Å². The standard InChI is InChI=1S/C27H27NO3/c29-27-26(31-19-23-14-8-3-9-15-23)24(20-30-18-22-12-6-2-7-13-22)25(28-27)17-16-21-10-4-1-5-11-21/h1-17,24-26H,18-20H2,(H,28,29)/b17-16-/t24-,25-,26+/m1/s1. The molecule has 1 N–H and O–H groups in total. The monoisotopic (exact) mass is 413 g/mol. The van der Waals surface area contributed by atoms with Crippen molar-refractivity contribution in [1.29, 1.82) is 0 Å². The highest BCUT2D eigenvalue weighted by molar-refractivity contribution is 5.84. The largest absolute Gasteiger partial charge is 0.376 e. The molecule has 1 aliphatic rings. The lowest BCUT2D eigenvalue weighted by atomic mass is 9.98. The first-order valence-electron chi connectivity index (χ1n) is 10.6. The smallest absolute Gasteiger partial charge is 0.250 e. The molecule has 158 valence electrons. The van der Waals surface area contributed by atoms with Gasteiger partial charge in [0.15, 0.2) is 0 Å². The molecule has 3 aromatic rings. The van der Waals surface area contributed by atoms with Gasteiger partial charge in [0.05, 0.1) is 25.9 Å². The predicted octanol–water partition coefficient (Wildman–Crippen LogP) is 4.62. The second-order valence-electron chi connectivity index (χ2n) is 7.69. The third kappa shape index (κ3) is 5.91. The lowest BCUT2D eigenvalue weighted by Gasteiger charge is -2.21.